The van der Waals surface area contributed by atoms with Gasteiger partial charge < -0.3 is 4.74 Å². The summed E-state index contributed by atoms with van der Waals surface area (Å²) in [5, 5.41) is 0. The molecule has 0 amide bonds. The SMILES string of the molecule is CC=CC1CCC(c2ccc(COC(F)(F)Cc3ccc(C(F)(F)F)c(F)c3)cc2)CC1. The average Bonchev–Trinajstić information content (AvgIpc) is 2.72. The number of benzene rings is 2. The van der Waals surface area contributed by atoms with Gasteiger partial charge in [-0.25, -0.2) is 4.39 Å². The van der Waals surface area contributed by atoms with Gasteiger partial charge in [0.15, 0.2) is 0 Å². The zero-order valence-electron chi connectivity index (χ0n) is 17.8. The molecule has 3 rings (SSSR count). The van der Waals surface area contributed by atoms with Crippen molar-refractivity contribution in [2.45, 2.75) is 63.8 Å². The van der Waals surface area contributed by atoms with Crippen LogP contribution in [-0.2, 0) is 23.9 Å². The molecule has 0 atom stereocenters. The second-order valence-electron chi connectivity index (χ2n) is 8.29. The molecule has 1 nitrogen and oxygen atoms in total. The summed E-state index contributed by atoms with van der Waals surface area (Å²) in [6.07, 6.45) is -0.753. The average molecular weight is 456 g/mol. The highest BCUT2D eigenvalue weighted by Crippen LogP contribution is 2.36. The van der Waals surface area contributed by atoms with Gasteiger partial charge in [0.05, 0.1) is 18.6 Å². The number of hydrogen-bond donors (Lipinski definition) is 0. The van der Waals surface area contributed by atoms with Gasteiger partial charge in [-0.2, -0.15) is 22.0 Å². The third kappa shape index (κ3) is 6.61. The molecule has 0 spiro atoms. The lowest BCUT2D eigenvalue weighted by Crippen LogP contribution is -2.24. The Balaban J connectivity index is 1.54. The van der Waals surface area contributed by atoms with Gasteiger partial charge >= 0.3 is 12.3 Å². The number of alkyl halides is 5. The molecule has 0 aromatic heterocycles. The van der Waals surface area contributed by atoms with Crippen molar-refractivity contribution >= 4 is 0 Å². The van der Waals surface area contributed by atoms with E-state index in [2.05, 4.69) is 12.2 Å². The highest BCUT2D eigenvalue weighted by molar-refractivity contribution is 5.27. The van der Waals surface area contributed by atoms with Gasteiger partial charge in [-0.05, 0) is 73.3 Å². The predicted molar refractivity (Wildman–Crippen MR) is 111 cm³/mol. The molecule has 1 aliphatic rings. The molecule has 0 N–H and O–H groups in total. The van der Waals surface area contributed by atoms with E-state index in [1.807, 2.05) is 19.1 Å². The second kappa shape index (κ2) is 10.1. The molecule has 0 heterocycles. The van der Waals surface area contributed by atoms with Crippen molar-refractivity contribution in [2.75, 3.05) is 0 Å². The predicted octanol–water partition coefficient (Wildman–Crippen LogP) is 8.05. The minimum Gasteiger partial charge on any atom is -0.315 e. The van der Waals surface area contributed by atoms with Crippen molar-refractivity contribution in [1.82, 2.24) is 0 Å². The van der Waals surface area contributed by atoms with Gasteiger partial charge in [-0.15, -0.1) is 0 Å². The van der Waals surface area contributed by atoms with E-state index in [0.717, 1.165) is 31.7 Å². The van der Waals surface area contributed by atoms with E-state index in [4.69, 9.17) is 4.74 Å². The summed E-state index contributed by atoms with van der Waals surface area (Å²) in [5.41, 5.74) is -0.0143. The van der Waals surface area contributed by atoms with Crippen LogP contribution in [-0.4, -0.2) is 6.11 Å². The lowest BCUT2D eigenvalue weighted by molar-refractivity contribution is -0.244. The first-order valence-electron chi connectivity index (χ1n) is 10.7. The normalized spacial score (nSPS) is 20.1. The molecule has 1 aliphatic carbocycles. The number of halogens is 6. The number of allylic oxidation sites excluding steroid dienone is 2. The van der Waals surface area contributed by atoms with Gasteiger partial charge in [0.2, 0.25) is 0 Å². The number of rotatable bonds is 7. The Labute approximate surface area is 184 Å². The molecule has 2 aromatic rings. The number of ether oxygens (including phenoxy) is 1. The molecular weight excluding hydrogens is 430 g/mol. The van der Waals surface area contributed by atoms with Crippen LogP contribution in [0.2, 0.25) is 0 Å². The van der Waals surface area contributed by atoms with E-state index in [9.17, 15) is 26.3 Å². The summed E-state index contributed by atoms with van der Waals surface area (Å²) >= 11 is 0. The molecule has 0 saturated heterocycles. The molecule has 1 saturated carbocycles. The van der Waals surface area contributed by atoms with Crippen LogP contribution in [0.3, 0.4) is 0 Å². The molecule has 0 radical (unpaired) electrons. The first kappa shape index (κ1) is 24.4. The van der Waals surface area contributed by atoms with Crippen molar-refractivity contribution in [3.63, 3.8) is 0 Å². The molecule has 174 valence electrons. The Morgan fingerprint density at radius 1 is 0.906 bits per heavy atom. The maximum absolute atomic E-state index is 14.2. The minimum absolute atomic E-state index is 0.274. The lowest BCUT2D eigenvalue weighted by atomic mass is 9.78. The molecule has 0 unspecified atom stereocenters. The van der Waals surface area contributed by atoms with Gasteiger partial charge in [0, 0.05) is 0 Å². The molecule has 1 fully saturated rings. The Morgan fingerprint density at radius 3 is 2.09 bits per heavy atom. The van der Waals surface area contributed by atoms with E-state index in [1.165, 1.54) is 5.56 Å². The fraction of sp³-hybridized carbons (Fsp3) is 0.440. The van der Waals surface area contributed by atoms with Crippen LogP contribution in [0.5, 0.6) is 0 Å². The van der Waals surface area contributed by atoms with Crippen LogP contribution >= 0.6 is 0 Å². The number of hydrogen-bond acceptors (Lipinski definition) is 1. The van der Waals surface area contributed by atoms with Gasteiger partial charge in [-0.3, -0.25) is 0 Å². The van der Waals surface area contributed by atoms with Gasteiger partial charge in [-0.1, -0.05) is 42.5 Å². The summed E-state index contributed by atoms with van der Waals surface area (Å²) in [6, 6.07) is 9.14. The zero-order valence-corrected chi connectivity index (χ0v) is 17.8. The Kier molecular flexibility index (Phi) is 7.70. The molecule has 7 heteroatoms. The van der Waals surface area contributed by atoms with Crippen molar-refractivity contribution in [3.05, 3.63) is 82.7 Å². The van der Waals surface area contributed by atoms with E-state index in [1.54, 1.807) is 12.1 Å². The van der Waals surface area contributed by atoms with Crippen LogP contribution in [0.1, 0.15) is 60.8 Å². The maximum Gasteiger partial charge on any atom is 0.419 e. The van der Waals surface area contributed by atoms with Crippen molar-refractivity contribution in [1.29, 1.82) is 0 Å². The first-order valence-corrected chi connectivity index (χ1v) is 10.7. The second-order valence-corrected chi connectivity index (χ2v) is 8.29. The van der Waals surface area contributed by atoms with E-state index in [-0.39, 0.29) is 12.2 Å². The molecule has 2 aromatic carbocycles. The molecule has 0 bridgehead atoms. The van der Waals surface area contributed by atoms with Crippen LogP contribution in [0, 0.1) is 11.7 Å². The summed E-state index contributed by atoms with van der Waals surface area (Å²) in [4.78, 5) is 0. The summed E-state index contributed by atoms with van der Waals surface area (Å²) < 4.78 is 84.4. The molecular formula is C25H26F6O. The highest BCUT2D eigenvalue weighted by atomic mass is 19.4. The quantitative estimate of drug-likeness (QED) is 0.303. The fourth-order valence-corrected chi connectivity index (χ4v) is 4.18. The van der Waals surface area contributed by atoms with Crippen LogP contribution in [0.15, 0.2) is 54.6 Å². The topological polar surface area (TPSA) is 9.23 Å². The summed E-state index contributed by atoms with van der Waals surface area (Å²) in [5.74, 6) is -0.493. The highest BCUT2D eigenvalue weighted by Gasteiger charge is 2.35. The van der Waals surface area contributed by atoms with Crippen LogP contribution < -0.4 is 0 Å². The van der Waals surface area contributed by atoms with Gasteiger partial charge in [0.1, 0.15) is 5.82 Å². The fourth-order valence-electron chi connectivity index (χ4n) is 4.18. The van der Waals surface area contributed by atoms with E-state index in [0.29, 0.717) is 29.5 Å². The first-order chi connectivity index (χ1) is 15.1. The van der Waals surface area contributed by atoms with Crippen LogP contribution in [0.25, 0.3) is 0 Å². The maximum atomic E-state index is 14.2. The zero-order chi connectivity index (χ0) is 23.4. The molecule has 32 heavy (non-hydrogen) atoms. The monoisotopic (exact) mass is 456 g/mol. The Hall–Kier alpha value is -2.28. The van der Waals surface area contributed by atoms with Crippen molar-refractivity contribution in [2.24, 2.45) is 5.92 Å². The lowest BCUT2D eigenvalue weighted by Gasteiger charge is -2.27. The third-order valence-corrected chi connectivity index (χ3v) is 5.89. The standard InChI is InChI=1S/C25H26F6O/c1-2-3-17-4-9-20(10-5-17)21-11-6-18(7-12-21)16-32-24(27,28)15-19-8-13-22(23(26)14-19)25(29,30)31/h2-3,6-8,11-14,17,20H,4-5,9-10,15-16H2,1H3. The van der Waals surface area contributed by atoms with Crippen molar-refractivity contribution < 1.29 is 31.1 Å². The molecule has 0 aliphatic heterocycles. The minimum atomic E-state index is -4.88. The smallest absolute Gasteiger partial charge is 0.315 e. The van der Waals surface area contributed by atoms with Gasteiger partial charge in [0.25, 0.3) is 0 Å². The van der Waals surface area contributed by atoms with Crippen molar-refractivity contribution in [3.8, 4) is 0 Å². The van der Waals surface area contributed by atoms with Crippen LogP contribution in [0.4, 0.5) is 26.3 Å². The largest absolute Gasteiger partial charge is 0.419 e. The summed E-state index contributed by atoms with van der Waals surface area (Å²) in [6.45, 7) is 1.67. The Bertz CT molecular complexity index is 909. The van der Waals surface area contributed by atoms with E-state index < -0.39 is 30.1 Å². The summed E-state index contributed by atoms with van der Waals surface area (Å²) in [7, 11) is 0. The third-order valence-electron chi connectivity index (χ3n) is 5.89. The van der Waals surface area contributed by atoms with E-state index >= 15 is 0 Å². The Morgan fingerprint density at radius 2 is 1.53 bits per heavy atom.